The van der Waals surface area contributed by atoms with Gasteiger partial charge in [-0.2, -0.15) is 0 Å². The standard InChI is InChI=1S/C15H23Br/c1-5-12-7-6-8-13(11-12)9-10-14(16)15(2,3)4/h6-8,11,14H,5,9-10H2,1-4H3. The first-order chi connectivity index (χ1) is 7.43. The number of alkyl halides is 1. The molecule has 1 unspecified atom stereocenters. The summed E-state index contributed by atoms with van der Waals surface area (Å²) in [7, 11) is 0. The van der Waals surface area contributed by atoms with Gasteiger partial charge in [-0.3, -0.25) is 0 Å². The zero-order valence-corrected chi connectivity index (χ0v) is 12.5. The molecule has 0 aromatic heterocycles. The highest BCUT2D eigenvalue weighted by molar-refractivity contribution is 9.09. The number of aryl methyl sites for hydroxylation is 2. The SMILES string of the molecule is CCc1cccc(CCC(Br)C(C)(C)C)c1. The Hall–Kier alpha value is -0.300. The zero-order chi connectivity index (χ0) is 12.2. The van der Waals surface area contributed by atoms with Gasteiger partial charge in [-0.25, -0.2) is 0 Å². The van der Waals surface area contributed by atoms with E-state index in [2.05, 4.69) is 67.9 Å². The third-order valence-electron chi connectivity index (χ3n) is 3.03. The molecule has 1 aromatic rings. The molecule has 0 radical (unpaired) electrons. The van der Waals surface area contributed by atoms with Crippen LogP contribution in [0.2, 0.25) is 0 Å². The van der Waals surface area contributed by atoms with Crippen molar-refractivity contribution in [1.82, 2.24) is 0 Å². The predicted octanol–water partition coefficient (Wildman–Crippen LogP) is 4.99. The third-order valence-corrected chi connectivity index (χ3v) is 4.86. The van der Waals surface area contributed by atoms with Crippen LogP contribution in [0, 0.1) is 5.41 Å². The van der Waals surface area contributed by atoms with E-state index < -0.39 is 0 Å². The maximum absolute atomic E-state index is 3.79. The molecule has 1 heteroatoms. The van der Waals surface area contributed by atoms with E-state index in [0.29, 0.717) is 10.2 Å². The summed E-state index contributed by atoms with van der Waals surface area (Å²) in [4.78, 5) is 0.588. The largest absolute Gasteiger partial charge is 0.0885 e. The van der Waals surface area contributed by atoms with Gasteiger partial charge < -0.3 is 0 Å². The van der Waals surface area contributed by atoms with Gasteiger partial charge in [0.05, 0.1) is 0 Å². The number of halogens is 1. The van der Waals surface area contributed by atoms with Gasteiger partial charge in [0.25, 0.3) is 0 Å². The van der Waals surface area contributed by atoms with Crippen LogP contribution in [0.5, 0.6) is 0 Å². The van der Waals surface area contributed by atoms with Crippen molar-refractivity contribution in [2.45, 2.75) is 51.8 Å². The Bertz CT molecular complexity index is 322. The maximum Gasteiger partial charge on any atom is 0.0197 e. The molecule has 1 rings (SSSR count). The van der Waals surface area contributed by atoms with Crippen LogP contribution >= 0.6 is 15.9 Å². The molecule has 0 saturated heterocycles. The summed E-state index contributed by atoms with van der Waals surface area (Å²) in [6.45, 7) is 9.07. The molecule has 0 nitrogen and oxygen atoms in total. The summed E-state index contributed by atoms with van der Waals surface area (Å²) >= 11 is 3.79. The highest BCUT2D eigenvalue weighted by Crippen LogP contribution is 2.29. The molecule has 1 aromatic carbocycles. The van der Waals surface area contributed by atoms with E-state index in [0.717, 1.165) is 6.42 Å². The first kappa shape index (κ1) is 13.8. The van der Waals surface area contributed by atoms with E-state index >= 15 is 0 Å². The van der Waals surface area contributed by atoms with Crippen LogP contribution in [0.4, 0.5) is 0 Å². The Kier molecular flexibility index (Phi) is 5.04. The molecule has 16 heavy (non-hydrogen) atoms. The van der Waals surface area contributed by atoms with Crippen molar-refractivity contribution in [3.63, 3.8) is 0 Å². The first-order valence-electron chi connectivity index (χ1n) is 6.15. The van der Waals surface area contributed by atoms with Crippen LogP contribution in [0.1, 0.15) is 45.2 Å². The number of benzene rings is 1. The maximum atomic E-state index is 3.79. The summed E-state index contributed by atoms with van der Waals surface area (Å²) in [5, 5.41) is 0. The monoisotopic (exact) mass is 282 g/mol. The van der Waals surface area contributed by atoms with Gasteiger partial charge in [-0.05, 0) is 35.8 Å². The molecule has 0 aliphatic carbocycles. The molecule has 0 fully saturated rings. The Morgan fingerprint density at radius 1 is 1.19 bits per heavy atom. The van der Waals surface area contributed by atoms with Crippen molar-refractivity contribution in [1.29, 1.82) is 0 Å². The topological polar surface area (TPSA) is 0 Å². The van der Waals surface area contributed by atoms with Crippen molar-refractivity contribution in [3.05, 3.63) is 35.4 Å². The smallest absolute Gasteiger partial charge is 0.0197 e. The predicted molar refractivity (Wildman–Crippen MR) is 76.3 cm³/mol. The highest BCUT2D eigenvalue weighted by Gasteiger charge is 2.21. The second kappa shape index (κ2) is 5.86. The molecule has 0 spiro atoms. The van der Waals surface area contributed by atoms with Crippen molar-refractivity contribution >= 4 is 15.9 Å². The van der Waals surface area contributed by atoms with Crippen molar-refractivity contribution in [2.24, 2.45) is 5.41 Å². The molecule has 0 bridgehead atoms. The van der Waals surface area contributed by atoms with E-state index in [-0.39, 0.29) is 0 Å². The molecular weight excluding hydrogens is 260 g/mol. The molecule has 0 heterocycles. The summed E-state index contributed by atoms with van der Waals surface area (Å²) in [5.74, 6) is 0. The van der Waals surface area contributed by atoms with Gasteiger partial charge in [0, 0.05) is 4.83 Å². The minimum atomic E-state index is 0.350. The molecule has 0 amide bonds. The van der Waals surface area contributed by atoms with E-state index in [1.165, 1.54) is 24.0 Å². The van der Waals surface area contributed by atoms with E-state index in [1.54, 1.807) is 0 Å². The van der Waals surface area contributed by atoms with Gasteiger partial charge in [0.2, 0.25) is 0 Å². The second-order valence-corrected chi connectivity index (χ2v) is 6.65. The van der Waals surface area contributed by atoms with E-state index in [1.807, 2.05) is 0 Å². The zero-order valence-electron chi connectivity index (χ0n) is 10.9. The van der Waals surface area contributed by atoms with Crippen LogP contribution < -0.4 is 0 Å². The molecule has 0 aliphatic rings. The quantitative estimate of drug-likeness (QED) is 0.683. The number of hydrogen-bond acceptors (Lipinski definition) is 0. The minimum Gasteiger partial charge on any atom is -0.0885 e. The van der Waals surface area contributed by atoms with Crippen LogP contribution in [0.25, 0.3) is 0 Å². The average molecular weight is 283 g/mol. The van der Waals surface area contributed by atoms with Gasteiger partial charge in [0.1, 0.15) is 0 Å². The molecule has 0 saturated carbocycles. The minimum absolute atomic E-state index is 0.350. The van der Waals surface area contributed by atoms with Crippen LogP contribution in [-0.2, 0) is 12.8 Å². The average Bonchev–Trinajstić information content (AvgIpc) is 2.25. The van der Waals surface area contributed by atoms with Crippen LogP contribution in [-0.4, -0.2) is 4.83 Å². The molecule has 90 valence electrons. The summed E-state index contributed by atoms with van der Waals surface area (Å²) in [6.07, 6.45) is 3.50. The third kappa shape index (κ3) is 4.29. The number of hydrogen-bond donors (Lipinski definition) is 0. The number of rotatable bonds is 4. The van der Waals surface area contributed by atoms with E-state index in [9.17, 15) is 0 Å². The lowest BCUT2D eigenvalue weighted by Crippen LogP contribution is -2.20. The highest BCUT2D eigenvalue weighted by atomic mass is 79.9. The Morgan fingerprint density at radius 3 is 2.38 bits per heavy atom. The fraction of sp³-hybridized carbons (Fsp3) is 0.600. The lowest BCUT2D eigenvalue weighted by Gasteiger charge is -2.25. The summed E-state index contributed by atoms with van der Waals surface area (Å²) in [6, 6.07) is 8.96. The van der Waals surface area contributed by atoms with Gasteiger partial charge in [-0.1, -0.05) is 67.9 Å². The normalized spacial score (nSPS) is 13.8. The molecule has 0 N–H and O–H groups in total. The second-order valence-electron chi connectivity index (χ2n) is 5.55. The fourth-order valence-electron chi connectivity index (χ4n) is 1.73. The van der Waals surface area contributed by atoms with E-state index in [4.69, 9.17) is 0 Å². The van der Waals surface area contributed by atoms with Crippen molar-refractivity contribution < 1.29 is 0 Å². The molecular formula is C15H23Br. The van der Waals surface area contributed by atoms with Crippen molar-refractivity contribution in [2.75, 3.05) is 0 Å². The lowest BCUT2D eigenvalue weighted by atomic mass is 9.88. The van der Waals surface area contributed by atoms with Gasteiger partial charge in [-0.15, -0.1) is 0 Å². The van der Waals surface area contributed by atoms with Gasteiger partial charge in [0.15, 0.2) is 0 Å². The summed E-state index contributed by atoms with van der Waals surface area (Å²) in [5.41, 5.74) is 3.26. The molecule has 1 atom stereocenters. The van der Waals surface area contributed by atoms with Crippen molar-refractivity contribution in [3.8, 4) is 0 Å². The van der Waals surface area contributed by atoms with Crippen LogP contribution in [0.15, 0.2) is 24.3 Å². The van der Waals surface area contributed by atoms with Crippen LogP contribution in [0.3, 0.4) is 0 Å². The summed E-state index contributed by atoms with van der Waals surface area (Å²) < 4.78 is 0. The Balaban J connectivity index is 2.54. The first-order valence-corrected chi connectivity index (χ1v) is 7.07. The van der Waals surface area contributed by atoms with Gasteiger partial charge >= 0.3 is 0 Å². The lowest BCUT2D eigenvalue weighted by molar-refractivity contribution is 0.386. The Morgan fingerprint density at radius 2 is 1.81 bits per heavy atom. The molecule has 0 aliphatic heterocycles. The Labute approximate surface area is 109 Å². The fourth-order valence-corrected chi connectivity index (χ4v) is 1.96.